The summed E-state index contributed by atoms with van der Waals surface area (Å²) in [5, 5.41) is 2.15. The number of aromatic nitrogens is 1. The molecule has 0 aliphatic heterocycles. The molecule has 0 bridgehead atoms. The summed E-state index contributed by atoms with van der Waals surface area (Å²) in [4.78, 5) is 6.53. The van der Waals surface area contributed by atoms with Gasteiger partial charge in [-0.3, -0.25) is 0 Å². The van der Waals surface area contributed by atoms with Crippen molar-refractivity contribution in [3.63, 3.8) is 0 Å². The number of hydrogen-bond donors (Lipinski definition) is 1. The van der Waals surface area contributed by atoms with Crippen molar-refractivity contribution >= 4 is 16.6 Å². The third-order valence-electron chi connectivity index (χ3n) is 2.89. The maximum absolute atomic E-state index is 5.84. The molecule has 0 radical (unpaired) electrons. The van der Waals surface area contributed by atoms with E-state index >= 15 is 0 Å². The first-order valence-electron chi connectivity index (χ1n) is 6.02. The average molecular weight is 245 g/mol. The maximum Gasteiger partial charge on any atom is 0.136 e. The SMILES string of the molecule is COc1cccc2c(N(C)CC(C)N)nccc12. The van der Waals surface area contributed by atoms with Crippen LogP contribution in [0.1, 0.15) is 6.92 Å². The van der Waals surface area contributed by atoms with Crippen molar-refractivity contribution < 1.29 is 4.74 Å². The highest BCUT2D eigenvalue weighted by atomic mass is 16.5. The number of hydrogen-bond acceptors (Lipinski definition) is 4. The van der Waals surface area contributed by atoms with Crippen LogP contribution in [0.25, 0.3) is 10.8 Å². The molecule has 2 rings (SSSR count). The Bertz CT molecular complexity index is 540. The Labute approximate surface area is 107 Å². The summed E-state index contributed by atoms with van der Waals surface area (Å²) in [5.41, 5.74) is 5.84. The van der Waals surface area contributed by atoms with Crippen LogP contribution in [0.15, 0.2) is 30.5 Å². The van der Waals surface area contributed by atoms with E-state index in [4.69, 9.17) is 10.5 Å². The van der Waals surface area contributed by atoms with Crippen molar-refractivity contribution in [3.05, 3.63) is 30.5 Å². The van der Waals surface area contributed by atoms with Gasteiger partial charge in [0.1, 0.15) is 11.6 Å². The third-order valence-corrected chi connectivity index (χ3v) is 2.89. The van der Waals surface area contributed by atoms with Crippen LogP contribution in [0, 0.1) is 0 Å². The first-order valence-corrected chi connectivity index (χ1v) is 6.02. The van der Waals surface area contributed by atoms with Gasteiger partial charge in [0.2, 0.25) is 0 Å². The number of fused-ring (bicyclic) bond motifs is 1. The smallest absolute Gasteiger partial charge is 0.136 e. The molecular formula is C14H19N3O. The van der Waals surface area contributed by atoms with Crippen LogP contribution in [0.2, 0.25) is 0 Å². The summed E-state index contributed by atoms with van der Waals surface area (Å²) in [7, 11) is 3.69. The second kappa shape index (κ2) is 5.23. The average Bonchev–Trinajstić information content (AvgIpc) is 2.36. The Kier molecular flexibility index (Phi) is 3.67. The molecular weight excluding hydrogens is 226 g/mol. The van der Waals surface area contributed by atoms with Crippen LogP contribution in [0.4, 0.5) is 5.82 Å². The van der Waals surface area contributed by atoms with Gasteiger partial charge >= 0.3 is 0 Å². The van der Waals surface area contributed by atoms with Gasteiger partial charge in [0.05, 0.1) is 7.11 Å². The van der Waals surface area contributed by atoms with E-state index in [0.29, 0.717) is 0 Å². The van der Waals surface area contributed by atoms with E-state index in [-0.39, 0.29) is 6.04 Å². The van der Waals surface area contributed by atoms with E-state index in [9.17, 15) is 0 Å². The second-order valence-electron chi connectivity index (χ2n) is 4.55. The van der Waals surface area contributed by atoms with Gasteiger partial charge in [-0.2, -0.15) is 0 Å². The van der Waals surface area contributed by atoms with E-state index in [1.165, 1.54) is 0 Å². The van der Waals surface area contributed by atoms with Crippen LogP contribution in [-0.2, 0) is 0 Å². The number of ether oxygens (including phenoxy) is 1. The molecule has 0 fully saturated rings. The lowest BCUT2D eigenvalue weighted by Gasteiger charge is -2.22. The number of nitrogens with zero attached hydrogens (tertiary/aromatic N) is 2. The van der Waals surface area contributed by atoms with Crippen molar-refractivity contribution in [1.29, 1.82) is 0 Å². The molecule has 2 N–H and O–H groups in total. The number of nitrogens with two attached hydrogens (primary N) is 1. The fourth-order valence-electron chi connectivity index (χ4n) is 2.16. The van der Waals surface area contributed by atoms with Gasteiger partial charge in [-0.05, 0) is 19.1 Å². The van der Waals surface area contributed by atoms with E-state index in [1.807, 2.05) is 32.2 Å². The molecule has 1 unspecified atom stereocenters. The molecule has 0 saturated heterocycles. The first-order chi connectivity index (χ1) is 8.63. The zero-order chi connectivity index (χ0) is 13.1. The molecule has 96 valence electrons. The molecule has 0 aliphatic carbocycles. The lowest BCUT2D eigenvalue weighted by molar-refractivity contribution is 0.420. The number of pyridine rings is 1. The van der Waals surface area contributed by atoms with Gasteiger partial charge in [0.25, 0.3) is 0 Å². The minimum Gasteiger partial charge on any atom is -0.496 e. The second-order valence-corrected chi connectivity index (χ2v) is 4.55. The van der Waals surface area contributed by atoms with Gasteiger partial charge in [-0.25, -0.2) is 4.98 Å². The Morgan fingerprint density at radius 1 is 1.33 bits per heavy atom. The summed E-state index contributed by atoms with van der Waals surface area (Å²) in [6.45, 7) is 2.76. The highest BCUT2D eigenvalue weighted by molar-refractivity contribution is 5.96. The Hall–Kier alpha value is -1.81. The van der Waals surface area contributed by atoms with E-state index < -0.39 is 0 Å². The van der Waals surface area contributed by atoms with Crippen LogP contribution in [0.5, 0.6) is 5.75 Å². The summed E-state index contributed by atoms with van der Waals surface area (Å²) < 4.78 is 5.37. The quantitative estimate of drug-likeness (QED) is 0.895. The minimum atomic E-state index is 0.109. The molecule has 0 aliphatic rings. The van der Waals surface area contributed by atoms with E-state index in [1.54, 1.807) is 13.3 Å². The van der Waals surface area contributed by atoms with Crippen LogP contribution in [-0.4, -0.2) is 31.7 Å². The van der Waals surface area contributed by atoms with Gasteiger partial charge in [0.15, 0.2) is 0 Å². The third kappa shape index (κ3) is 2.38. The van der Waals surface area contributed by atoms with Crippen molar-refractivity contribution in [3.8, 4) is 5.75 Å². The Morgan fingerprint density at radius 3 is 2.78 bits per heavy atom. The lowest BCUT2D eigenvalue weighted by atomic mass is 10.1. The highest BCUT2D eigenvalue weighted by Crippen LogP contribution is 2.30. The van der Waals surface area contributed by atoms with Crippen molar-refractivity contribution in [2.75, 3.05) is 25.6 Å². The molecule has 0 spiro atoms. The largest absolute Gasteiger partial charge is 0.496 e. The number of anilines is 1. The van der Waals surface area contributed by atoms with E-state index in [2.05, 4.69) is 16.0 Å². The zero-order valence-corrected chi connectivity index (χ0v) is 11.1. The van der Waals surface area contributed by atoms with Gasteiger partial charge in [-0.15, -0.1) is 0 Å². The van der Waals surface area contributed by atoms with Crippen molar-refractivity contribution in [2.24, 2.45) is 5.73 Å². The normalized spacial score (nSPS) is 12.4. The van der Waals surface area contributed by atoms with Crippen LogP contribution < -0.4 is 15.4 Å². The number of methoxy groups -OCH3 is 1. The maximum atomic E-state index is 5.84. The predicted octanol–water partition coefficient (Wildman–Crippen LogP) is 2.03. The summed E-state index contributed by atoms with van der Waals surface area (Å²) in [6, 6.07) is 8.07. The molecule has 1 heterocycles. The van der Waals surface area contributed by atoms with Crippen LogP contribution in [0.3, 0.4) is 0 Å². The monoisotopic (exact) mass is 245 g/mol. The summed E-state index contributed by atoms with van der Waals surface area (Å²) in [5.74, 6) is 1.80. The minimum absolute atomic E-state index is 0.109. The molecule has 18 heavy (non-hydrogen) atoms. The predicted molar refractivity (Wildman–Crippen MR) is 75.2 cm³/mol. The first kappa shape index (κ1) is 12.6. The Morgan fingerprint density at radius 2 is 2.11 bits per heavy atom. The van der Waals surface area contributed by atoms with Gasteiger partial charge in [-0.1, -0.05) is 12.1 Å². The molecule has 0 saturated carbocycles. The fraction of sp³-hybridized carbons (Fsp3) is 0.357. The van der Waals surface area contributed by atoms with E-state index in [0.717, 1.165) is 28.9 Å². The molecule has 2 aromatic rings. The number of rotatable bonds is 4. The standard InChI is InChI=1S/C14H19N3O/c1-10(15)9-17(2)14-12-5-4-6-13(18-3)11(12)7-8-16-14/h4-8,10H,9,15H2,1-3H3. The van der Waals surface area contributed by atoms with Gasteiger partial charge in [0, 0.05) is 36.6 Å². The molecule has 4 heteroatoms. The Balaban J connectivity index is 2.52. The fourth-order valence-corrected chi connectivity index (χ4v) is 2.16. The number of likely N-dealkylation sites (N-methyl/N-ethyl adjacent to an activating group) is 1. The van der Waals surface area contributed by atoms with Crippen LogP contribution >= 0.6 is 0 Å². The molecule has 1 atom stereocenters. The molecule has 1 aromatic heterocycles. The summed E-state index contributed by atoms with van der Waals surface area (Å²) >= 11 is 0. The number of benzene rings is 1. The molecule has 1 aromatic carbocycles. The zero-order valence-electron chi connectivity index (χ0n) is 11.1. The topological polar surface area (TPSA) is 51.4 Å². The molecule has 0 amide bonds. The van der Waals surface area contributed by atoms with Crippen molar-refractivity contribution in [1.82, 2.24) is 4.98 Å². The summed E-state index contributed by atoms with van der Waals surface area (Å²) in [6.07, 6.45) is 1.80. The van der Waals surface area contributed by atoms with Gasteiger partial charge < -0.3 is 15.4 Å². The molecule has 4 nitrogen and oxygen atoms in total. The lowest BCUT2D eigenvalue weighted by Crippen LogP contribution is -2.33. The van der Waals surface area contributed by atoms with Crippen molar-refractivity contribution in [2.45, 2.75) is 13.0 Å². The highest BCUT2D eigenvalue weighted by Gasteiger charge is 2.11.